The minimum atomic E-state index is -0.324. The second kappa shape index (κ2) is 8.73. The summed E-state index contributed by atoms with van der Waals surface area (Å²) in [6, 6.07) is 17.0. The largest absolute Gasteiger partial charge is 0.387 e. The fraction of sp³-hybridized carbons (Fsp3) is 0.0455. The lowest BCUT2D eigenvalue weighted by molar-refractivity contribution is -0.111. The van der Waals surface area contributed by atoms with Gasteiger partial charge in [0.1, 0.15) is 5.82 Å². The van der Waals surface area contributed by atoms with Crippen LogP contribution >= 0.6 is 0 Å². The molecule has 2 aromatic carbocycles. The number of benzene rings is 2. The second-order valence-corrected chi connectivity index (χ2v) is 6.09. The summed E-state index contributed by atoms with van der Waals surface area (Å²) < 4.78 is 13.5. The number of halogens is 1. The van der Waals surface area contributed by atoms with Gasteiger partial charge in [-0.15, -0.1) is 0 Å². The van der Waals surface area contributed by atoms with Crippen molar-refractivity contribution in [2.75, 3.05) is 5.32 Å². The number of aliphatic imine (C=N–C) groups is 1. The third kappa shape index (κ3) is 4.88. The van der Waals surface area contributed by atoms with E-state index in [4.69, 9.17) is 5.73 Å². The molecule has 0 unspecified atom stereocenters. The quantitative estimate of drug-likeness (QED) is 0.398. The van der Waals surface area contributed by atoms with Crippen molar-refractivity contribution in [2.24, 2.45) is 10.7 Å². The zero-order valence-corrected chi connectivity index (χ0v) is 15.3. The molecular weight excluding hydrogens is 355 g/mol. The van der Waals surface area contributed by atoms with Crippen LogP contribution in [-0.2, 0) is 4.79 Å². The highest BCUT2D eigenvalue weighted by molar-refractivity contribution is 6.25. The van der Waals surface area contributed by atoms with Gasteiger partial charge in [-0.1, -0.05) is 36.4 Å². The standard InChI is InChI=1S/C22H19FN4O/c1-15(24)26-14-21(22(28)27-20-9-11-25-12-10-20)17-7-5-16(6-8-17)18-3-2-4-19(23)13-18/h2-14H,1H3,(H2,24,26)(H,25,27,28)/b21-14+. The van der Waals surface area contributed by atoms with Gasteiger partial charge in [-0.05, 0) is 47.9 Å². The maximum Gasteiger partial charge on any atom is 0.257 e. The van der Waals surface area contributed by atoms with Crippen LogP contribution in [0.15, 0.2) is 84.2 Å². The Hall–Kier alpha value is -3.80. The average Bonchev–Trinajstić information content (AvgIpc) is 2.69. The predicted octanol–water partition coefficient (Wildman–Crippen LogP) is 4.24. The number of anilines is 1. The smallest absolute Gasteiger partial charge is 0.257 e. The van der Waals surface area contributed by atoms with E-state index in [9.17, 15) is 9.18 Å². The van der Waals surface area contributed by atoms with Crippen LogP contribution in [0.2, 0.25) is 0 Å². The number of hydrogen-bond donors (Lipinski definition) is 2. The monoisotopic (exact) mass is 374 g/mol. The van der Waals surface area contributed by atoms with E-state index in [2.05, 4.69) is 15.3 Å². The summed E-state index contributed by atoms with van der Waals surface area (Å²) in [6.45, 7) is 1.64. The van der Waals surface area contributed by atoms with Crippen LogP contribution in [-0.4, -0.2) is 16.7 Å². The SMILES string of the molecule is C/C(N)=N\C=C(\C(=O)Nc1ccncc1)c1ccc(-c2cccc(F)c2)cc1. The van der Waals surface area contributed by atoms with Crippen LogP contribution in [0.5, 0.6) is 0 Å². The topological polar surface area (TPSA) is 80.4 Å². The van der Waals surface area contributed by atoms with E-state index in [0.717, 1.165) is 11.1 Å². The maximum atomic E-state index is 13.5. The molecule has 6 heteroatoms. The Kier molecular flexibility index (Phi) is 5.91. The number of nitrogens with two attached hydrogens (primary N) is 1. The minimum absolute atomic E-state index is 0.299. The molecule has 0 saturated carbocycles. The van der Waals surface area contributed by atoms with Gasteiger partial charge in [0, 0.05) is 24.3 Å². The third-order valence-corrected chi connectivity index (χ3v) is 3.93. The summed E-state index contributed by atoms with van der Waals surface area (Å²) in [6.07, 6.45) is 4.62. The first-order chi connectivity index (χ1) is 13.5. The van der Waals surface area contributed by atoms with Crippen LogP contribution in [0, 0.1) is 5.82 Å². The molecule has 140 valence electrons. The summed E-state index contributed by atoms with van der Waals surface area (Å²) in [5, 5.41) is 2.81. The number of amidine groups is 1. The van der Waals surface area contributed by atoms with Gasteiger partial charge < -0.3 is 11.1 Å². The molecule has 5 nitrogen and oxygen atoms in total. The molecular formula is C22H19FN4O. The normalized spacial score (nSPS) is 11.9. The molecule has 0 bridgehead atoms. The van der Waals surface area contributed by atoms with E-state index in [-0.39, 0.29) is 11.7 Å². The van der Waals surface area contributed by atoms with Crippen molar-refractivity contribution >= 4 is 23.0 Å². The highest BCUT2D eigenvalue weighted by Gasteiger charge is 2.13. The van der Waals surface area contributed by atoms with Crippen molar-refractivity contribution in [2.45, 2.75) is 6.92 Å². The molecule has 28 heavy (non-hydrogen) atoms. The fourth-order valence-electron chi connectivity index (χ4n) is 2.57. The van der Waals surface area contributed by atoms with E-state index in [1.54, 1.807) is 49.6 Å². The molecule has 0 atom stereocenters. The molecule has 1 heterocycles. The maximum absolute atomic E-state index is 13.5. The van der Waals surface area contributed by atoms with Crippen LogP contribution in [0.25, 0.3) is 16.7 Å². The van der Waals surface area contributed by atoms with Gasteiger partial charge in [-0.25, -0.2) is 9.38 Å². The molecule has 1 aromatic heterocycles. The van der Waals surface area contributed by atoms with Gasteiger partial charge in [0.25, 0.3) is 5.91 Å². The molecule has 3 aromatic rings. The van der Waals surface area contributed by atoms with Crippen molar-refractivity contribution in [3.63, 3.8) is 0 Å². The lowest BCUT2D eigenvalue weighted by atomic mass is 10.00. The van der Waals surface area contributed by atoms with Crippen LogP contribution in [0.1, 0.15) is 12.5 Å². The lowest BCUT2D eigenvalue weighted by Gasteiger charge is -2.10. The number of pyridine rings is 1. The molecule has 3 N–H and O–H groups in total. The van der Waals surface area contributed by atoms with Crippen molar-refractivity contribution < 1.29 is 9.18 Å². The van der Waals surface area contributed by atoms with Crippen molar-refractivity contribution in [1.82, 2.24) is 4.98 Å². The first-order valence-electron chi connectivity index (χ1n) is 8.61. The summed E-state index contributed by atoms with van der Waals surface area (Å²) >= 11 is 0. The second-order valence-electron chi connectivity index (χ2n) is 6.09. The number of rotatable bonds is 5. The Morgan fingerprint density at radius 2 is 1.79 bits per heavy atom. The Morgan fingerprint density at radius 3 is 2.43 bits per heavy atom. The van der Waals surface area contributed by atoms with E-state index >= 15 is 0 Å². The summed E-state index contributed by atoms with van der Waals surface area (Å²) in [5.74, 6) is -0.285. The van der Waals surface area contributed by atoms with Crippen LogP contribution in [0.4, 0.5) is 10.1 Å². The Balaban J connectivity index is 1.91. The fourth-order valence-corrected chi connectivity index (χ4v) is 2.57. The molecule has 0 aliphatic carbocycles. The highest BCUT2D eigenvalue weighted by atomic mass is 19.1. The molecule has 0 aliphatic rings. The molecule has 1 amide bonds. The van der Waals surface area contributed by atoms with Gasteiger partial charge in [0.15, 0.2) is 0 Å². The molecule has 0 aliphatic heterocycles. The lowest BCUT2D eigenvalue weighted by Crippen LogP contribution is -2.14. The summed E-state index contributed by atoms with van der Waals surface area (Å²) in [5.41, 5.74) is 8.86. The average molecular weight is 374 g/mol. The summed E-state index contributed by atoms with van der Waals surface area (Å²) in [7, 11) is 0. The molecule has 3 rings (SSSR count). The van der Waals surface area contributed by atoms with Gasteiger partial charge in [0.05, 0.1) is 11.4 Å². The number of hydrogen-bond acceptors (Lipinski definition) is 3. The minimum Gasteiger partial charge on any atom is -0.387 e. The van der Waals surface area contributed by atoms with E-state index in [0.29, 0.717) is 22.7 Å². The first-order valence-corrected chi connectivity index (χ1v) is 8.61. The highest BCUT2D eigenvalue weighted by Crippen LogP contribution is 2.24. The number of nitrogens with one attached hydrogen (secondary N) is 1. The van der Waals surface area contributed by atoms with E-state index in [1.165, 1.54) is 18.3 Å². The molecule has 0 spiro atoms. The first kappa shape index (κ1) is 19.0. The molecule has 0 saturated heterocycles. The molecule has 0 fully saturated rings. The number of aromatic nitrogens is 1. The van der Waals surface area contributed by atoms with E-state index in [1.807, 2.05) is 18.2 Å². The summed E-state index contributed by atoms with van der Waals surface area (Å²) in [4.78, 5) is 20.8. The number of carbonyl (C=O) groups excluding carboxylic acids is 1. The van der Waals surface area contributed by atoms with Crippen molar-refractivity contribution in [3.8, 4) is 11.1 Å². The Morgan fingerprint density at radius 1 is 1.07 bits per heavy atom. The molecule has 0 radical (unpaired) electrons. The van der Waals surface area contributed by atoms with Gasteiger partial charge in [-0.2, -0.15) is 0 Å². The third-order valence-electron chi connectivity index (χ3n) is 3.93. The van der Waals surface area contributed by atoms with Crippen molar-refractivity contribution in [1.29, 1.82) is 0 Å². The number of carbonyl (C=O) groups is 1. The van der Waals surface area contributed by atoms with Gasteiger partial charge in [0.2, 0.25) is 0 Å². The van der Waals surface area contributed by atoms with Gasteiger partial charge >= 0.3 is 0 Å². The van der Waals surface area contributed by atoms with E-state index < -0.39 is 0 Å². The zero-order chi connectivity index (χ0) is 19.9. The number of nitrogens with zero attached hydrogens (tertiary/aromatic N) is 2. The number of amides is 1. The van der Waals surface area contributed by atoms with Crippen LogP contribution < -0.4 is 11.1 Å². The Bertz CT molecular complexity index is 1020. The van der Waals surface area contributed by atoms with Gasteiger partial charge in [-0.3, -0.25) is 9.78 Å². The predicted molar refractivity (Wildman–Crippen MR) is 110 cm³/mol. The van der Waals surface area contributed by atoms with Crippen LogP contribution in [0.3, 0.4) is 0 Å². The zero-order valence-electron chi connectivity index (χ0n) is 15.3. The van der Waals surface area contributed by atoms with Crippen molar-refractivity contribution in [3.05, 3.63) is 90.6 Å². The Labute approximate surface area is 162 Å².